The smallest absolute Gasteiger partial charge is 0.0530 e. The van der Waals surface area contributed by atoms with Gasteiger partial charge in [-0.2, -0.15) is 0 Å². The molecule has 0 spiro atoms. The molecule has 0 radical (unpaired) electrons. The molecule has 86 valence electrons. The van der Waals surface area contributed by atoms with Gasteiger partial charge in [0.05, 0.1) is 5.70 Å². The molecule has 0 saturated heterocycles. The molecule has 0 aromatic heterocycles. The lowest BCUT2D eigenvalue weighted by atomic mass is 10.1. The van der Waals surface area contributed by atoms with Crippen molar-refractivity contribution in [1.82, 2.24) is 4.72 Å². The maximum atomic E-state index is 7.53. The predicted octanol–water partition coefficient (Wildman–Crippen LogP) is 3.71. The molecular weight excluding hydrogens is 216 g/mol. The molecular formula is C13H18N2S. The normalized spacial score (nSPS) is 11.6. The minimum atomic E-state index is 0.512. The Labute approximate surface area is 102 Å². The van der Waals surface area contributed by atoms with Crippen LogP contribution in [0.1, 0.15) is 26.3 Å². The molecule has 0 heterocycles. The highest BCUT2D eigenvalue weighted by Crippen LogP contribution is 2.16. The lowest BCUT2D eigenvalue weighted by Gasteiger charge is -2.12. The first-order valence-corrected chi connectivity index (χ1v) is 6.21. The van der Waals surface area contributed by atoms with Gasteiger partial charge in [0.1, 0.15) is 0 Å². The largest absolute Gasteiger partial charge is 0.329 e. The van der Waals surface area contributed by atoms with Crippen LogP contribution < -0.4 is 4.72 Å². The van der Waals surface area contributed by atoms with E-state index in [9.17, 15) is 0 Å². The molecule has 0 aliphatic rings. The van der Waals surface area contributed by atoms with Gasteiger partial charge in [-0.25, -0.2) is 0 Å². The summed E-state index contributed by atoms with van der Waals surface area (Å²) in [7, 11) is 0. The van der Waals surface area contributed by atoms with E-state index >= 15 is 0 Å². The van der Waals surface area contributed by atoms with E-state index < -0.39 is 0 Å². The zero-order valence-corrected chi connectivity index (χ0v) is 10.8. The van der Waals surface area contributed by atoms with Crippen LogP contribution in [0.4, 0.5) is 0 Å². The number of rotatable bonds is 5. The lowest BCUT2D eigenvalue weighted by molar-refractivity contribution is 1.10. The first-order valence-electron chi connectivity index (χ1n) is 5.33. The minimum Gasteiger partial charge on any atom is -0.329 e. The van der Waals surface area contributed by atoms with Gasteiger partial charge >= 0.3 is 0 Å². The standard InChI is InChI=1S/C13H18N2S/c1-10(2)16-15-13(9-11(3)14)12-7-5-4-6-8-12/h4-10,14-15H,1-3H3/b13-9-,14-11?. The number of allylic oxidation sites excluding steroid dienone is 1. The van der Waals surface area contributed by atoms with E-state index in [0.29, 0.717) is 11.0 Å². The third kappa shape index (κ3) is 4.53. The van der Waals surface area contributed by atoms with Crippen molar-refractivity contribution in [3.05, 3.63) is 42.0 Å². The van der Waals surface area contributed by atoms with Crippen LogP contribution in [-0.4, -0.2) is 11.0 Å². The summed E-state index contributed by atoms with van der Waals surface area (Å²) in [5.74, 6) is 0. The zero-order valence-electron chi connectivity index (χ0n) is 9.95. The molecule has 0 aliphatic carbocycles. The third-order valence-corrected chi connectivity index (χ3v) is 2.66. The van der Waals surface area contributed by atoms with Crippen LogP contribution >= 0.6 is 11.9 Å². The molecule has 1 rings (SSSR count). The van der Waals surface area contributed by atoms with E-state index in [2.05, 4.69) is 18.6 Å². The van der Waals surface area contributed by atoms with Gasteiger partial charge in [0.25, 0.3) is 0 Å². The van der Waals surface area contributed by atoms with Crippen molar-refractivity contribution in [3.63, 3.8) is 0 Å². The minimum absolute atomic E-state index is 0.512. The van der Waals surface area contributed by atoms with Gasteiger partial charge in [0, 0.05) is 11.0 Å². The van der Waals surface area contributed by atoms with Gasteiger partial charge in [0.2, 0.25) is 0 Å². The maximum absolute atomic E-state index is 7.53. The van der Waals surface area contributed by atoms with Gasteiger partial charge in [-0.3, -0.25) is 0 Å². The summed E-state index contributed by atoms with van der Waals surface area (Å²) in [5.41, 5.74) is 2.66. The first kappa shape index (κ1) is 12.8. The number of hydrogen-bond acceptors (Lipinski definition) is 3. The van der Waals surface area contributed by atoms with E-state index in [1.54, 1.807) is 18.9 Å². The van der Waals surface area contributed by atoms with E-state index in [-0.39, 0.29) is 0 Å². The average molecular weight is 234 g/mol. The van der Waals surface area contributed by atoms with Crippen molar-refractivity contribution in [3.8, 4) is 0 Å². The van der Waals surface area contributed by atoms with E-state index in [1.807, 2.05) is 36.4 Å². The summed E-state index contributed by atoms with van der Waals surface area (Å²) in [5, 5.41) is 8.05. The summed E-state index contributed by atoms with van der Waals surface area (Å²) in [6.45, 7) is 6.06. The molecule has 16 heavy (non-hydrogen) atoms. The summed E-state index contributed by atoms with van der Waals surface area (Å²) in [6, 6.07) is 10.1. The van der Waals surface area contributed by atoms with Crippen molar-refractivity contribution in [2.75, 3.05) is 0 Å². The van der Waals surface area contributed by atoms with Crippen LogP contribution in [0.25, 0.3) is 5.70 Å². The highest BCUT2D eigenvalue weighted by molar-refractivity contribution is 7.98. The Morgan fingerprint density at radius 1 is 1.31 bits per heavy atom. The topological polar surface area (TPSA) is 35.9 Å². The Morgan fingerprint density at radius 2 is 1.94 bits per heavy atom. The Bertz CT molecular complexity index is 369. The fraction of sp³-hybridized carbons (Fsp3) is 0.308. The lowest BCUT2D eigenvalue weighted by Crippen LogP contribution is -2.07. The monoisotopic (exact) mass is 234 g/mol. The van der Waals surface area contributed by atoms with Crippen LogP contribution in [0.5, 0.6) is 0 Å². The number of hydrogen-bond donors (Lipinski definition) is 2. The average Bonchev–Trinajstić information content (AvgIpc) is 2.25. The van der Waals surface area contributed by atoms with E-state index in [0.717, 1.165) is 11.3 Å². The van der Waals surface area contributed by atoms with Crippen LogP contribution in [-0.2, 0) is 0 Å². The molecule has 0 amide bonds. The summed E-state index contributed by atoms with van der Waals surface area (Å²) >= 11 is 1.66. The fourth-order valence-corrected chi connectivity index (χ4v) is 1.73. The quantitative estimate of drug-likeness (QED) is 0.602. The molecule has 2 N–H and O–H groups in total. The SMILES string of the molecule is CC(=N)/C=C(\NSC(C)C)c1ccccc1. The van der Waals surface area contributed by atoms with Crippen molar-refractivity contribution < 1.29 is 0 Å². The molecule has 0 atom stereocenters. The van der Waals surface area contributed by atoms with Crippen molar-refractivity contribution in [2.24, 2.45) is 0 Å². The fourth-order valence-electron chi connectivity index (χ4n) is 1.19. The first-order chi connectivity index (χ1) is 7.59. The predicted molar refractivity (Wildman–Crippen MR) is 73.7 cm³/mol. The van der Waals surface area contributed by atoms with E-state index in [1.165, 1.54) is 0 Å². The Balaban J connectivity index is 2.84. The molecule has 0 aliphatic heterocycles. The zero-order chi connectivity index (χ0) is 12.0. The van der Waals surface area contributed by atoms with Crippen LogP contribution in [0, 0.1) is 5.41 Å². The Morgan fingerprint density at radius 3 is 2.44 bits per heavy atom. The molecule has 0 unspecified atom stereocenters. The molecule has 1 aromatic rings. The highest BCUT2D eigenvalue weighted by Gasteiger charge is 2.02. The molecule has 3 heteroatoms. The maximum Gasteiger partial charge on any atom is 0.0530 e. The van der Waals surface area contributed by atoms with E-state index in [4.69, 9.17) is 5.41 Å². The highest BCUT2D eigenvalue weighted by atomic mass is 32.2. The third-order valence-electron chi connectivity index (χ3n) is 1.85. The summed E-state index contributed by atoms with van der Waals surface area (Å²) in [6.07, 6.45) is 1.85. The van der Waals surface area contributed by atoms with Crippen LogP contribution in [0.2, 0.25) is 0 Å². The Kier molecular flexibility index (Phi) is 5.12. The van der Waals surface area contributed by atoms with Gasteiger partial charge < -0.3 is 10.1 Å². The second-order valence-corrected chi connectivity index (χ2v) is 5.26. The number of benzene rings is 1. The van der Waals surface area contributed by atoms with Gasteiger partial charge in [-0.1, -0.05) is 44.2 Å². The van der Waals surface area contributed by atoms with Crippen molar-refractivity contribution >= 4 is 23.4 Å². The van der Waals surface area contributed by atoms with Crippen LogP contribution in [0.3, 0.4) is 0 Å². The molecule has 2 nitrogen and oxygen atoms in total. The second kappa shape index (κ2) is 6.38. The van der Waals surface area contributed by atoms with Crippen LogP contribution in [0.15, 0.2) is 36.4 Å². The van der Waals surface area contributed by atoms with Gasteiger partial charge in [-0.05, 0) is 30.5 Å². The van der Waals surface area contributed by atoms with Gasteiger partial charge in [-0.15, -0.1) is 0 Å². The summed E-state index contributed by atoms with van der Waals surface area (Å²) in [4.78, 5) is 0. The van der Waals surface area contributed by atoms with Crippen molar-refractivity contribution in [1.29, 1.82) is 5.41 Å². The number of nitrogens with one attached hydrogen (secondary N) is 2. The molecule has 0 saturated carbocycles. The van der Waals surface area contributed by atoms with Gasteiger partial charge in [0.15, 0.2) is 0 Å². The second-order valence-electron chi connectivity index (χ2n) is 3.88. The van der Waals surface area contributed by atoms with Crippen molar-refractivity contribution in [2.45, 2.75) is 26.0 Å². The Hall–Kier alpha value is -1.22. The molecule has 0 bridgehead atoms. The molecule has 0 fully saturated rings. The summed E-state index contributed by atoms with van der Waals surface area (Å²) < 4.78 is 3.30. The molecule has 1 aromatic carbocycles.